The third-order valence-corrected chi connectivity index (χ3v) is 3.45. The zero-order valence-corrected chi connectivity index (χ0v) is 11.4. The van der Waals surface area contributed by atoms with E-state index in [0.29, 0.717) is 25.3 Å². The van der Waals surface area contributed by atoms with E-state index in [2.05, 4.69) is 22.0 Å². The van der Waals surface area contributed by atoms with Gasteiger partial charge in [-0.15, -0.1) is 0 Å². The minimum absolute atomic E-state index is 0.00208. The molecule has 1 amide bonds. The Kier molecular flexibility index (Phi) is 4.93. The van der Waals surface area contributed by atoms with Crippen LogP contribution in [0.2, 0.25) is 0 Å². The van der Waals surface area contributed by atoms with Crippen molar-refractivity contribution in [1.82, 2.24) is 20.0 Å². The first kappa shape index (κ1) is 14.0. The number of aryl methyl sites for hydroxylation is 1. The summed E-state index contributed by atoms with van der Waals surface area (Å²) in [5.74, 6) is 0.00208. The van der Waals surface area contributed by atoms with E-state index in [-0.39, 0.29) is 12.5 Å². The summed E-state index contributed by atoms with van der Waals surface area (Å²) in [4.78, 5) is 16.3. The second-order valence-corrected chi connectivity index (χ2v) is 4.89. The maximum absolute atomic E-state index is 12.3. The molecule has 0 radical (unpaired) electrons. The molecular formula is C13H22N4O2. The maximum Gasteiger partial charge on any atom is 0.274 e. The SMILES string of the molecule is CCCc1cc(C(=O)N2CCN(CCO)CC2)n[nH]1. The summed E-state index contributed by atoms with van der Waals surface area (Å²) >= 11 is 0. The quantitative estimate of drug-likeness (QED) is 0.793. The van der Waals surface area contributed by atoms with E-state index in [4.69, 9.17) is 5.11 Å². The average molecular weight is 266 g/mol. The van der Waals surface area contributed by atoms with Gasteiger partial charge in [0, 0.05) is 38.4 Å². The number of H-pyrrole nitrogens is 1. The minimum atomic E-state index is 0.00208. The van der Waals surface area contributed by atoms with Crippen LogP contribution >= 0.6 is 0 Å². The van der Waals surface area contributed by atoms with Crippen molar-refractivity contribution in [3.8, 4) is 0 Å². The average Bonchev–Trinajstić information content (AvgIpc) is 2.88. The molecule has 2 rings (SSSR count). The lowest BCUT2D eigenvalue weighted by Gasteiger charge is -2.33. The summed E-state index contributed by atoms with van der Waals surface area (Å²) in [6.45, 7) is 6.00. The number of carbonyl (C=O) groups excluding carboxylic acids is 1. The number of aliphatic hydroxyl groups excluding tert-OH is 1. The number of piperazine rings is 1. The second kappa shape index (κ2) is 6.68. The van der Waals surface area contributed by atoms with Gasteiger partial charge in [0.1, 0.15) is 5.69 Å². The molecule has 1 saturated heterocycles. The van der Waals surface area contributed by atoms with Crippen molar-refractivity contribution in [1.29, 1.82) is 0 Å². The highest BCUT2D eigenvalue weighted by Crippen LogP contribution is 2.09. The molecule has 1 aromatic rings. The van der Waals surface area contributed by atoms with Crippen molar-refractivity contribution in [2.45, 2.75) is 19.8 Å². The number of carbonyl (C=O) groups is 1. The smallest absolute Gasteiger partial charge is 0.274 e. The monoisotopic (exact) mass is 266 g/mol. The molecular weight excluding hydrogens is 244 g/mol. The van der Waals surface area contributed by atoms with E-state index in [1.54, 1.807) is 0 Å². The molecule has 0 aromatic carbocycles. The number of hydrogen-bond donors (Lipinski definition) is 2. The van der Waals surface area contributed by atoms with Gasteiger partial charge in [-0.3, -0.25) is 14.8 Å². The molecule has 0 aliphatic carbocycles. The fourth-order valence-electron chi connectivity index (χ4n) is 2.35. The zero-order chi connectivity index (χ0) is 13.7. The van der Waals surface area contributed by atoms with Crippen LogP contribution in [0, 0.1) is 0 Å². The van der Waals surface area contributed by atoms with Crippen LogP contribution in [0.25, 0.3) is 0 Å². The Hall–Kier alpha value is -1.40. The molecule has 19 heavy (non-hydrogen) atoms. The van der Waals surface area contributed by atoms with Crippen molar-refractivity contribution in [3.63, 3.8) is 0 Å². The Morgan fingerprint density at radius 3 is 2.79 bits per heavy atom. The van der Waals surface area contributed by atoms with Crippen molar-refractivity contribution < 1.29 is 9.90 Å². The third kappa shape index (κ3) is 3.54. The van der Waals surface area contributed by atoms with Crippen LogP contribution in [0.3, 0.4) is 0 Å². The van der Waals surface area contributed by atoms with Gasteiger partial charge in [-0.05, 0) is 12.5 Å². The minimum Gasteiger partial charge on any atom is -0.395 e. The number of rotatable bonds is 5. The van der Waals surface area contributed by atoms with Gasteiger partial charge in [0.05, 0.1) is 6.61 Å². The van der Waals surface area contributed by atoms with Crippen LogP contribution in [0.1, 0.15) is 29.5 Å². The Balaban J connectivity index is 1.89. The molecule has 0 atom stereocenters. The molecule has 2 N–H and O–H groups in total. The van der Waals surface area contributed by atoms with E-state index in [0.717, 1.165) is 31.6 Å². The van der Waals surface area contributed by atoms with Gasteiger partial charge >= 0.3 is 0 Å². The summed E-state index contributed by atoms with van der Waals surface area (Å²) in [5.41, 5.74) is 1.53. The van der Waals surface area contributed by atoms with Crippen molar-refractivity contribution in [2.24, 2.45) is 0 Å². The summed E-state index contributed by atoms with van der Waals surface area (Å²) in [6.07, 6.45) is 1.96. The maximum atomic E-state index is 12.3. The summed E-state index contributed by atoms with van der Waals surface area (Å²) in [5, 5.41) is 15.9. The molecule has 1 fully saturated rings. The Labute approximate surface area is 113 Å². The van der Waals surface area contributed by atoms with Gasteiger partial charge in [0.25, 0.3) is 5.91 Å². The van der Waals surface area contributed by atoms with Gasteiger partial charge < -0.3 is 10.0 Å². The third-order valence-electron chi connectivity index (χ3n) is 3.45. The summed E-state index contributed by atoms with van der Waals surface area (Å²) in [7, 11) is 0. The van der Waals surface area contributed by atoms with Crippen LogP contribution in [0.4, 0.5) is 0 Å². The predicted octanol–water partition coefficient (Wildman–Crippen LogP) is 0.112. The van der Waals surface area contributed by atoms with E-state index in [9.17, 15) is 4.79 Å². The summed E-state index contributed by atoms with van der Waals surface area (Å²) in [6, 6.07) is 1.85. The normalized spacial score (nSPS) is 16.8. The largest absolute Gasteiger partial charge is 0.395 e. The molecule has 1 aromatic heterocycles. The van der Waals surface area contributed by atoms with Gasteiger partial charge in [0.2, 0.25) is 0 Å². The Morgan fingerprint density at radius 2 is 2.16 bits per heavy atom. The van der Waals surface area contributed by atoms with Crippen molar-refractivity contribution >= 4 is 5.91 Å². The van der Waals surface area contributed by atoms with E-state index < -0.39 is 0 Å². The number of nitrogens with one attached hydrogen (secondary N) is 1. The van der Waals surface area contributed by atoms with Gasteiger partial charge in [0.15, 0.2) is 0 Å². The van der Waals surface area contributed by atoms with Crippen LogP contribution in [0.15, 0.2) is 6.07 Å². The number of aromatic nitrogens is 2. The molecule has 0 unspecified atom stereocenters. The molecule has 106 valence electrons. The summed E-state index contributed by atoms with van der Waals surface area (Å²) < 4.78 is 0. The van der Waals surface area contributed by atoms with Gasteiger partial charge in [-0.1, -0.05) is 13.3 Å². The molecule has 6 heteroatoms. The van der Waals surface area contributed by atoms with Crippen molar-refractivity contribution in [3.05, 3.63) is 17.5 Å². The van der Waals surface area contributed by atoms with E-state index >= 15 is 0 Å². The topological polar surface area (TPSA) is 72.5 Å². The van der Waals surface area contributed by atoms with Gasteiger partial charge in [-0.2, -0.15) is 5.10 Å². The van der Waals surface area contributed by atoms with Crippen LogP contribution in [-0.4, -0.2) is 70.3 Å². The van der Waals surface area contributed by atoms with Crippen LogP contribution in [0.5, 0.6) is 0 Å². The predicted molar refractivity (Wildman–Crippen MR) is 72.0 cm³/mol. The lowest BCUT2D eigenvalue weighted by atomic mass is 10.2. The standard InChI is InChI=1S/C13H22N4O2/c1-2-3-11-10-12(15-14-11)13(19)17-6-4-16(5-7-17)8-9-18/h10,18H,2-9H2,1H3,(H,14,15). The van der Waals surface area contributed by atoms with E-state index in [1.165, 1.54) is 0 Å². The number of β-amino-alcohol motifs (C(OH)–C–C–N with tert-alkyl or cyclic N) is 1. The number of aliphatic hydroxyl groups is 1. The number of amides is 1. The Morgan fingerprint density at radius 1 is 1.42 bits per heavy atom. The molecule has 0 bridgehead atoms. The van der Waals surface area contributed by atoms with E-state index in [1.807, 2.05) is 11.0 Å². The molecule has 0 spiro atoms. The molecule has 6 nitrogen and oxygen atoms in total. The molecule has 1 aliphatic rings. The number of aromatic amines is 1. The Bertz CT molecular complexity index is 411. The number of hydrogen-bond acceptors (Lipinski definition) is 4. The fourth-order valence-corrected chi connectivity index (χ4v) is 2.35. The first-order chi connectivity index (χ1) is 9.24. The number of nitrogens with zero attached hydrogens (tertiary/aromatic N) is 3. The molecule has 0 saturated carbocycles. The highest BCUT2D eigenvalue weighted by Gasteiger charge is 2.23. The molecule has 2 heterocycles. The van der Waals surface area contributed by atoms with Gasteiger partial charge in [-0.25, -0.2) is 0 Å². The van der Waals surface area contributed by atoms with Crippen molar-refractivity contribution in [2.75, 3.05) is 39.3 Å². The highest BCUT2D eigenvalue weighted by molar-refractivity contribution is 5.92. The lowest BCUT2D eigenvalue weighted by Crippen LogP contribution is -2.49. The highest BCUT2D eigenvalue weighted by atomic mass is 16.3. The van der Waals surface area contributed by atoms with Crippen LogP contribution in [-0.2, 0) is 6.42 Å². The first-order valence-electron chi connectivity index (χ1n) is 6.91. The lowest BCUT2D eigenvalue weighted by molar-refractivity contribution is 0.0609. The first-order valence-corrected chi connectivity index (χ1v) is 6.91. The second-order valence-electron chi connectivity index (χ2n) is 4.89. The van der Waals surface area contributed by atoms with Crippen LogP contribution < -0.4 is 0 Å². The zero-order valence-electron chi connectivity index (χ0n) is 11.4. The fraction of sp³-hybridized carbons (Fsp3) is 0.692. The molecule has 1 aliphatic heterocycles.